The molecule has 17 heteroatoms. The van der Waals surface area contributed by atoms with Crippen LogP contribution in [0.25, 0.3) is 10.4 Å². The van der Waals surface area contributed by atoms with Crippen LogP contribution in [0.2, 0.25) is 5.04 Å². The van der Waals surface area contributed by atoms with E-state index in [4.69, 9.17) is 56.5 Å². The fourth-order valence-electron chi connectivity index (χ4n) is 12.7. The Balaban J connectivity index is 1.00. The van der Waals surface area contributed by atoms with E-state index in [1.54, 1.807) is 0 Å². The molecule has 16 nitrogen and oxygen atoms in total. The van der Waals surface area contributed by atoms with Crippen LogP contribution in [-0.2, 0) is 74.5 Å². The van der Waals surface area contributed by atoms with Crippen LogP contribution >= 0.6 is 0 Å². The van der Waals surface area contributed by atoms with E-state index >= 15 is 0 Å². The fourth-order valence-corrected chi connectivity index (χ4v) is 17.3. The molecule has 4 aliphatic rings. The maximum atomic E-state index is 12.8. The van der Waals surface area contributed by atoms with Gasteiger partial charge < -0.3 is 56.5 Å². The van der Waals surface area contributed by atoms with Crippen molar-refractivity contribution in [2.75, 3.05) is 13.2 Å². The van der Waals surface area contributed by atoms with Crippen LogP contribution in [0.4, 0.5) is 0 Å². The molecule has 0 spiro atoms. The molecule has 4 aromatic rings. The first-order chi connectivity index (χ1) is 40.0. The van der Waals surface area contributed by atoms with Gasteiger partial charge in [0.15, 0.2) is 25.2 Å². The Morgan fingerprint density at radius 3 is 1.46 bits per heavy atom. The van der Waals surface area contributed by atoms with Gasteiger partial charge in [0, 0.05) is 22.7 Å². The number of ether oxygens (including phenoxy) is 11. The number of hydrogen-bond acceptors (Lipinski definition) is 14. The molecule has 0 N–H and O–H groups in total. The third-order valence-corrected chi connectivity index (χ3v) is 22.9. The monoisotopic (exact) mass is 1180 g/mol. The summed E-state index contributed by atoms with van der Waals surface area (Å²) in [6, 6.07) is 40.6. The van der Waals surface area contributed by atoms with Gasteiger partial charge >= 0.3 is 5.97 Å². The molecule has 0 aromatic heterocycles. The van der Waals surface area contributed by atoms with Crippen molar-refractivity contribution in [3.05, 3.63) is 143 Å². The highest BCUT2D eigenvalue weighted by molar-refractivity contribution is 6.99. The zero-order valence-electron chi connectivity index (χ0n) is 52.3. The van der Waals surface area contributed by atoms with Crippen molar-refractivity contribution in [3.63, 3.8) is 0 Å². The molecule has 84 heavy (non-hydrogen) atoms. The quantitative estimate of drug-likeness (QED) is 0.0239. The minimum absolute atomic E-state index is 0.0550. The van der Waals surface area contributed by atoms with Gasteiger partial charge in [-0.2, -0.15) is 0 Å². The van der Waals surface area contributed by atoms with Crippen LogP contribution in [0.3, 0.4) is 0 Å². The van der Waals surface area contributed by atoms with Crippen molar-refractivity contribution in [1.29, 1.82) is 0 Å². The Hall–Kier alpha value is -4.56. The van der Waals surface area contributed by atoms with Crippen LogP contribution in [0.5, 0.6) is 0 Å². The minimum atomic E-state index is -2.95. The first kappa shape index (κ1) is 65.4. The molecule has 0 radical (unpaired) electrons. The highest BCUT2D eigenvalue weighted by Gasteiger charge is 2.55. The Kier molecular flexibility index (Phi) is 22.6. The molecule has 20 atom stereocenters. The Morgan fingerprint density at radius 2 is 0.976 bits per heavy atom. The minimum Gasteiger partial charge on any atom is -0.458 e. The lowest BCUT2D eigenvalue weighted by Crippen LogP contribution is -2.67. The number of esters is 1. The number of hydrogen-bond donors (Lipinski definition) is 0. The van der Waals surface area contributed by atoms with Crippen molar-refractivity contribution in [2.45, 2.75) is 220 Å². The van der Waals surface area contributed by atoms with E-state index in [2.05, 4.69) is 121 Å². The first-order valence-corrected chi connectivity index (χ1v) is 32.5. The summed E-state index contributed by atoms with van der Waals surface area (Å²) in [5.74, 6) is -1.56. The van der Waals surface area contributed by atoms with Gasteiger partial charge in [0.05, 0.1) is 68.6 Å². The summed E-state index contributed by atoms with van der Waals surface area (Å²) in [5.41, 5.74) is 11.4. The van der Waals surface area contributed by atoms with Crippen LogP contribution in [0, 0.1) is 35.5 Å². The van der Waals surface area contributed by atoms with Crippen LogP contribution in [-0.4, -0.2) is 119 Å². The van der Waals surface area contributed by atoms with E-state index in [1.807, 2.05) is 114 Å². The van der Waals surface area contributed by atoms with Crippen molar-refractivity contribution >= 4 is 24.7 Å². The number of benzene rings is 4. The normalized spacial score (nSPS) is 34.1. The summed E-state index contributed by atoms with van der Waals surface area (Å²) < 4.78 is 81.9. The van der Waals surface area contributed by atoms with Gasteiger partial charge in [-0.1, -0.05) is 196 Å². The van der Waals surface area contributed by atoms with Crippen molar-refractivity contribution < 1.29 is 61.3 Å². The van der Waals surface area contributed by atoms with Crippen LogP contribution in [0.15, 0.2) is 126 Å². The molecule has 4 aliphatic heterocycles. The molecule has 460 valence electrons. The second-order valence-corrected chi connectivity index (χ2v) is 30.3. The van der Waals surface area contributed by atoms with Crippen molar-refractivity contribution in [2.24, 2.45) is 40.6 Å². The molecule has 4 aromatic carbocycles. The number of azide groups is 1. The van der Waals surface area contributed by atoms with Gasteiger partial charge in [-0.3, -0.25) is 0 Å². The molecular weight excluding hydrogens is 1080 g/mol. The van der Waals surface area contributed by atoms with Gasteiger partial charge in [0.1, 0.15) is 24.4 Å². The van der Waals surface area contributed by atoms with E-state index in [9.17, 15) is 10.3 Å². The summed E-state index contributed by atoms with van der Waals surface area (Å²) in [6.07, 6.45) is -6.90. The predicted molar refractivity (Wildman–Crippen MR) is 324 cm³/mol. The third-order valence-electron chi connectivity index (χ3n) is 17.9. The highest BCUT2D eigenvalue weighted by Crippen LogP contribution is 2.44. The maximum Gasteiger partial charge on any atom is 0.332 e. The molecule has 4 fully saturated rings. The lowest BCUT2D eigenvalue weighted by Gasteiger charge is -2.51. The summed E-state index contributed by atoms with van der Waals surface area (Å²) in [5, 5.41) is 6.47. The summed E-state index contributed by atoms with van der Waals surface area (Å²) in [7, 11) is -2.95. The van der Waals surface area contributed by atoms with E-state index in [0.29, 0.717) is 26.2 Å². The molecule has 0 saturated carbocycles. The fraction of sp³-hybridized carbons (Fsp3) is 0.627. The number of carbonyl (C=O) groups is 1. The van der Waals surface area contributed by atoms with Crippen molar-refractivity contribution in [1.82, 2.24) is 0 Å². The zero-order chi connectivity index (χ0) is 60.5. The topological polar surface area (TPSA) is 177 Å². The van der Waals surface area contributed by atoms with Gasteiger partial charge in [-0.25, -0.2) is 4.79 Å². The standard InChI is InChI=1S/C67H95N3O13Si/c1-16-53-57(43(4)44(5)63(78-53)81-60-47(8)76-62(74-40-55(71)83-66(10,11)12)45(6)58(60)72-37-49-29-21-17-22-30-49)80-64-46(7)59(73-38-50-31-23-18-24-32-50)61(48(9)77-64)82-65-56(69-70-68)42(3)41(2)54(79-65)39-75-84(67(13,14)15,51-33-25-19-26-34-51)52-35-27-20-28-36-52/h17-36,41-48,53-54,56-65H,16,37-40H2,1-15H3/t41-,42-,43+,44?,45?,46?,47?,48?,53?,54?,56?,57-,58-,59-,60+,61+,62+,63+,64-,65+/m0/s1. The van der Waals surface area contributed by atoms with Crippen LogP contribution < -0.4 is 10.4 Å². The molecule has 0 bridgehead atoms. The Morgan fingerprint density at radius 1 is 0.524 bits per heavy atom. The van der Waals surface area contributed by atoms with Gasteiger partial charge in [0.2, 0.25) is 0 Å². The third kappa shape index (κ3) is 15.4. The lowest BCUT2D eigenvalue weighted by atomic mass is 9.82. The van der Waals surface area contributed by atoms with Crippen LogP contribution in [0.1, 0.15) is 121 Å². The number of rotatable bonds is 22. The number of carbonyl (C=O) groups excluding carboxylic acids is 1. The number of nitrogens with zero attached hydrogens (tertiary/aromatic N) is 3. The maximum absolute atomic E-state index is 12.8. The average Bonchev–Trinajstić information content (AvgIpc) is 1.40. The molecular formula is C67H95N3O13Si. The summed E-state index contributed by atoms with van der Waals surface area (Å²) in [4.78, 5) is 16.1. The smallest absolute Gasteiger partial charge is 0.332 e. The molecule has 0 aliphatic carbocycles. The first-order valence-electron chi connectivity index (χ1n) is 30.6. The highest BCUT2D eigenvalue weighted by atomic mass is 28.4. The van der Waals surface area contributed by atoms with Gasteiger partial charge in [0.25, 0.3) is 8.32 Å². The second-order valence-electron chi connectivity index (χ2n) is 26.0. The molecule has 4 saturated heterocycles. The van der Waals surface area contributed by atoms with E-state index in [0.717, 1.165) is 11.1 Å². The molecule has 8 unspecified atom stereocenters. The Labute approximate surface area is 500 Å². The summed E-state index contributed by atoms with van der Waals surface area (Å²) in [6.45, 7) is 31.6. The molecule has 4 heterocycles. The molecule has 8 rings (SSSR count). The second kappa shape index (κ2) is 29.0. The van der Waals surface area contributed by atoms with E-state index in [1.165, 1.54) is 10.4 Å². The SMILES string of the molecule is CCC1O[C@H](O[C@@H]2C(C)O[C@@H](OCC(=O)OC(C)(C)C)C(C)[C@@H]2OCc2ccccc2)C(C)[C@@H](C)[C@@H]1O[C@@H]1OC(C)[C@@H](O[C@H]2OC(CO[Si](c3ccccc3)(c3ccccc3)C(C)(C)C)[C@@H](C)[C@H](C)C2N=[N+]=[N-])[C@@H](OCc2ccccc2)C1C. The predicted octanol–water partition coefficient (Wildman–Crippen LogP) is 12.1. The average molecular weight is 1180 g/mol. The molecule has 0 amide bonds. The summed E-state index contributed by atoms with van der Waals surface area (Å²) >= 11 is 0. The van der Waals surface area contributed by atoms with E-state index < -0.39 is 93.8 Å². The lowest BCUT2D eigenvalue weighted by molar-refractivity contribution is -0.365. The van der Waals surface area contributed by atoms with Crippen molar-refractivity contribution in [3.8, 4) is 0 Å². The Bertz CT molecular complexity index is 2660. The zero-order valence-corrected chi connectivity index (χ0v) is 53.3. The van der Waals surface area contributed by atoms with E-state index in [-0.39, 0.29) is 59.4 Å². The largest absolute Gasteiger partial charge is 0.458 e. The van der Waals surface area contributed by atoms with Gasteiger partial charge in [-0.05, 0) is 90.9 Å². The van der Waals surface area contributed by atoms with Gasteiger partial charge in [-0.15, -0.1) is 0 Å².